The van der Waals surface area contributed by atoms with Crippen LogP contribution in [0.25, 0.3) is 22.7 Å². The van der Waals surface area contributed by atoms with Crippen molar-refractivity contribution < 1.29 is 14.6 Å². The number of nitrogens with one attached hydrogen (secondary N) is 1. The highest BCUT2D eigenvalue weighted by Gasteiger charge is 2.11. The van der Waals surface area contributed by atoms with Crippen LogP contribution in [0.2, 0.25) is 0 Å². The van der Waals surface area contributed by atoms with Gasteiger partial charge in [-0.3, -0.25) is 0 Å². The largest absolute Gasteiger partial charge is 0.488 e. The summed E-state index contributed by atoms with van der Waals surface area (Å²) in [5, 5.41) is 18.8. The van der Waals surface area contributed by atoms with Crippen molar-refractivity contribution in [2.24, 2.45) is 0 Å². The molecule has 32 heavy (non-hydrogen) atoms. The van der Waals surface area contributed by atoms with Crippen LogP contribution in [0.4, 0.5) is 0 Å². The number of aryl methyl sites for hydroxylation is 1. The van der Waals surface area contributed by atoms with Crippen molar-refractivity contribution in [1.82, 2.24) is 9.97 Å². The molecule has 0 aliphatic rings. The molecule has 7 heteroatoms. The zero-order chi connectivity index (χ0) is 22.7. The summed E-state index contributed by atoms with van der Waals surface area (Å²) < 4.78 is 6.83. The van der Waals surface area contributed by atoms with Crippen molar-refractivity contribution in [3.63, 3.8) is 0 Å². The number of aromatic nitrogens is 2. The maximum Gasteiger partial charge on any atom is 0.335 e. The molecule has 4 aromatic rings. The molecule has 0 unspecified atom stereocenters. The fourth-order valence-electron chi connectivity index (χ4n) is 3.23. The average molecular weight is 488 g/mol. The van der Waals surface area contributed by atoms with Crippen LogP contribution >= 0.6 is 15.9 Å². The number of rotatable bonds is 6. The molecule has 0 spiro atoms. The maximum absolute atomic E-state index is 11.0. The Bertz CT molecular complexity index is 1380. The van der Waals surface area contributed by atoms with Gasteiger partial charge in [0.2, 0.25) is 0 Å². The topological polar surface area (TPSA) is 99.0 Å². The van der Waals surface area contributed by atoms with Crippen molar-refractivity contribution in [3.8, 4) is 11.8 Å². The number of ether oxygens (including phenoxy) is 1. The number of H-pyrrole nitrogens is 1. The zero-order valence-electron chi connectivity index (χ0n) is 17.1. The Kier molecular flexibility index (Phi) is 6.06. The first-order valence-corrected chi connectivity index (χ1v) is 10.6. The van der Waals surface area contributed by atoms with E-state index in [0.717, 1.165) is 32.2 Å². The van der Waals surface area contributed by atoms with Gasteiger partial charge in [0, 0.05) is 10.0 Å². The molecule has 0 aliphatic carbocycles. The summed E-state index contributed by atoms with van der Waals surface area (Å²) in [6, 6.07) is 20.2. The number of allylic oxidation sites excluding steroid dienone is 1. The second kappa shape index (κ2) is 9.08. The maximum atomic E-state index is 11.0. The van der Waals surface area contributed by atoms with E-state index in [9.17, 15) is 10.1 Å². The van der Waals surface area contributed by atoms with Crippen LogP contribution in [0.5, 0.6) is 5.75 Å². The number of hydrogen-bond acceptors (Lipinski definition) is 4. The second-order valence-electron chi connectivity index (χ2n) is 7.25. The number of carboxylic acids is 1. The minimum Gasteiger partial charge on any atom is -0.488 e. The molecule has 4 rings (SSSR count). The van der Waals surface area contributed by atoms with E-state index in [-0.39, 0.29) is 12.2 Å². The zero-order valence-corrected chi connectivity index (χ0v) is 18.7. The monoisotopic (exact) mass is 487 g/mol. The van der Waals surface area contributed by atoms with E-state index in [2.05, 4.69) is 32.0 Å². The van der Waals surface area contributed by atoms with Crippen LogP contribution in [-0.2, 0) is 6.61 Å². The molecule has 0 radical (unpaired) electrons. The van der Waals surface area contributed by atoms with Gasteiger partial charge in [-0.15, -0.1) is 0 Å². The van der Waals surface area contributed by atoms with E-state index in [4.69, 9.17) is 9.84 Å². The lowest BCUT2D eigenvalue weighted by atomic mass is 10.1. The fraction of sp³-hybridized carbons (Fsp3) is 0.0800. The van der Waals surface area contributed by atoms with Crippen LogP contribution < -0.4 is 4.74 Å². The van der Waals surface area contributed by atoms with Crippen molar-refractivity contribution in [2.75, 3.05) is 0 Å². The second-order valence-corrected chi connectivity index (χ2v) is 8.16. The van der Waals surface area contributed by atoms with Crippen molar-refractivity contribution in [3.05, 3.63) is 93.2 Å². The van der Waals surface area contributed by atoms with Gasteiger partial charge in [0.05, 0.1) is 22.2 Å². The molecule has 0 saturated carbocycles. The van der Waals surface area contributed by atoms with Gasteiger partial charge in [-0.2, -0.15) is 5.26 Å². The van der Waals surface area contributed by atoms with Gasteiger partial charge < -0.3 is 14.8 Å². The molecule has 0 amide bonds. The number of carbonyl (C=O) groups is 1. The molecule has 0 saturated heterocycles. The van der Waals surface area contributed by atoms with E-state index >= 15 is 0 Å². The normalized spacial score (nSPS) is 11.3. The fourth-order valence-corrected chi connectivity index (χ4v) is 3.61. The smallest absolute Gasteiger partial charge is 0.335 e. The first-order chi connectivity index (χ1) is 15.4. The number of hydrogen-bond donors (Lipinski definition) is 2. The van der Waals surface area contributed by atoms with E-state index in [1.165, 1.54) is 0 Å². The van der Waals surface area contributed by atoms with E-state index in [1.54, 1.807) is 30.3 Å². The summed E-state index contributed by atoms with van der Waals surface area (Å²) in [5.41, 5.74) is 4.93. The molecule has 2 N–H and O–H groups in total. The van der Waals surface area contributed by atoms with Gasteiger partial charge >= 0.3 is 5.97 Å². The molecule has 158 valence electrons. The molecule has 1 aromatic heterocycles. The van der Waals surface area contributed by atoms with Gasteiger partial charge in [-0.25, -0.2) is 9.78 Å². The first-order valence-electron chi connectivity index (χ1n) is 9.76. The number of halogens is 1. The summed E-state index contributed by atoms with van der Waals surface area (Å²) in [6.07, 6.45) is 1.73. The number of aromatic carboxylic acids is 1. The summed E-state index contributed by atoms with van der Waals surface area (Å²) in [5.74, 6) is 0.112. The van der Waals surface area contributed by atoms with Gasteiger partial charge in [-0.05, 0) is 66.6 Å². The Morgan fingerprint density at radius 1 is 1.19 bits per heavy atom. The summed E-state index contributed by atoms with van der Waals surface area (Å²) >= 11 is 3.47. The number of fused-ring (bicyclic) bond motifs is 1. The minimum absolute atomic E-state index is 0.223. The Hall–Kier alpha value is -3.89. The number of aromatic amines is 1. The third kappa shape index (κ3) is 4.71. The van der Waals surface area contributed by atoms with Crippen molar-refractivity contribution >= 4 is 44.6 Å². The summed E-state index contributed by atoms with van der Waals surface area (Å²) in [7, 11) is 0. The van der Waals surface area contributed by atoms with Crippen molar-refractivity contribution in [1.29, 1.82) is 5.26 Å². The molecule has 6 nitrogen and oxygen atoms in total. The van der Waals surface area contributed by atoms with Crippen molar-refractivity contribution in [2.45, 2.75) is 13.5 Å². The number of nitrogens with zero attached hydrogens (tertiary/aromatic N) is 2. The third-order valence-corrected chi connectivity index (χ3v) is 5.37. The van der Waals surface area contributed by atoms with Gasteiger partial charge in [0.1, 0.15) is 24.3 Å². The highest BCUT2D eigenvalue weighted by atomic mass is 79.9. The highest BCUT2D eigenvalue weighted by molar-refractivity contribution is 9.10. The number of imidazole rings is 1. The van der Waals surface area contributed by atoms with Crippen LogP contribution in [0.1, 0.15) is 32.9 Å². The summed E-state index contributed by atoms with van der Waals surface area (Å²) in [6.45, 7) is 2.26. The number of benzene rings is 3. The Morgan fingerprint density at radius 2 is 1.97 bits per heavy atom. The lowest BCUT2D eigenvalue weighted by molar-refractivity contribution is 0.0697. The number of nitriles is 1. The molecule has 0 aliphatic heterocycles. The predicted molar refractivity (Wildman–Crippen MR) is 126 cm³/mol. The first kappa shape index (κ1) is 21.3. The molecule has 0 fully saturated rings. The quantitative estimate of drug-likeness (QED) is 0.326. The lowest BCUT2D eigenvalue weighted by Crippen LogP contribution is -2.00. The molecular weight excluding hydrogens is 470 g/mol. The van der Waals surface area contributed by atoms with Crippen LogP contribution in [-0.4, -0.2) is 21.0 Å². The van der Waals surface area contributed by atoms with E-state index in [0.29, 0.717) is 17.1 Å². The Morgan fingerprint density at radius 3 is 2.69 bits per heavy atom. The molecule has 3 aromatic carbocycles. The third-order valence-electron chi connectivity index (χ3n) is 4.88. The van der Waals surface area contributed by atoms with E-state index in [1.807, 2.05) is 43.3 Å². The molecule has 0 bridgehead atoms. The van der Waals surface area contributed by atoms with Crippen LogP contribution in [0, 0.1) is 18.3 Å². The lowest BCUT2D eigenvalue weighted by Gasteiger charge is -2.10. The van der Waals surface area contributed by atoms with Gasteiger partial charge in [0.25, 0.3) is 0 Å². The molecular formula is C25H18BrN3O3. The van der Waals surface area contributed by atoms with Crippen LogP contribution in [0.3, 0.4) is 0 Å². The predicted octanol–water partition coefficient (Wildman–Crippen LogP) is 5.98. The summed E-state index contributed by atoms with van der Waals surface area (Å²) in [4.78, 5) is 18.8. The van der Waals surface area contributed by atoms with Gasteiger partial charge in [-0.1, -0.05) is 34.1 Å². The van der Waals surface area contributed by atoms with E-state index < -0.39 is 5.97 Å². The SMILES string of the molecule is Cc1ccc2nc(/C(C#N)=C\c3cc(Br)ccc3OCc3ccc(C(=O)O)cc3)[nH]c2c1. The minimum atomic E-state index is -0.970. The number of carboxylic acid groups (broad SMARTS) is 1. The highest BCUT2D eigenvalue weighted by Crippen LogP contribution is 2.28. The standard InChI is InChI=1S/C25H18BrN3O3/c1-15-2-8-21-22(10-15)29-24(28-21)19(13-27)11-18-12-20(26)7-9-23(18)32-14-16-3-5-17(6-4-16)25(30)31/h2-12H,14H2,1H3,(H,28,29)(H,30,31)/b19-11-. The van der Waals surface area contributed by atoms with Crippen LogP contribution in [0.15, 0.2) is 65.1 Å². The Labute approximate surface area is 192 Å². The molecule has 1 heterocycles. The average Bonchev–Trinajstić information content (AvgIpc) is 3.20. The van der Waals surface area contributed by atoms with Gasteiger partial charge in [0.15, 0.2) is 0 Å². The molecule has 0 atom stereocenters. The Balaban J connectivity index is 1.63.